The Morgan fingerprint density at radius 3 is 2.55 bits per heavy atom. The summed E-state index contributed by atoms with van der Waals surface area (Å²) in [5.41, 5.74) is -1.16. The van der Waals surface area contributed by atoms with Crippen LogP contribution in [0.15, 0.2) is 29.2 Å². The Hall–Kier alpha value is -3.23. The lowest BCUT2D eigenvalue weighted by atomic mass is 10.2. The Balaban J connectivity index is 2.09. The maximum Gasteiger partial charge on any atom is 0.417 e. The molecule has 0 bridgehead atoms. The van der Waals surface area contributed by atoms with Crippen molar-refractivity contribution in [3.63, 3.8) is 0 Å². The van der Waals surface area contributed by atoms with Gasteiger partial charge in [0.05, 0.1) is 12.7 Å². The highest BCUT2D eigenvalue weighted by Gasteiger charge is 2.40. The Kier molecular flexibility index (Phi) is 5.89. The molecule has 0 unspecified atom stereocenters. The SMILES string of the molecule is COc1cc(C)n2nc(NS(=O)(=O)c3c(OCC(F)F)cccc3C(F)(F)F)nc2n1. The highest BCUT2D eigenvalue weighted by atomic mass is 32.2. The van der Waals surface area contributed by atoms with Gasteiger partial charge >= 0.3 is 6.18 Å². The van der Waals surface area contributed by atoms with Crippen LogP contribution in [0.25, 0.3) is 5.78 Å². The first kappa shape index (κ1) is 22.5. The molecule has 3 rings (SSSR count). The minimum Gasteiger partial charge on any atom is -0.486 e. The lowest BCUT2D eigenvalue weighted by molar-refractivity contribution is -0.140. The maximum absolute atomic E-state index is 13.4. The van der Waals surface area contributed by atoms with Crippen LogP contribution in [0.1, 0.15) is 11.3 Å². The molecule has 168 valence electrons. The van der Waals surface area contributed by atoms with E-state index < -0.39 is 51.4 Å². The summed E-state index contributed by atoms with van der Waals surface area (Å²) < 4.78 is 103. The molecule has 0 saturated heterocycles. The molecule has 31 heavy (non-hydrogen) atoms. The number of benzene rings is 1. The van der Waals surface area contributed by atoms with Crippen molar-refractivity contribution in [3.8, 4) is 11.6 Å². The van der Waals surface area contributed by atoms with Gasteiger partial charge in [-0.2, -0.15) is 27.7 Å². The van der Waals surface area contributed by atoms with Crippen LogP contribution < -0.4 is 14.2 Å². The molecule has 0 amide bonds. The Morgan fingerprint density at radius 1 is 1.23 bits per heavy atom. The Bertz CT molecular complexity index is 1210. The van der Waals surface area contributed by atoms with Gasteiger partial charge in [-0.3, -0.25) is 0 Å². The largest absolute Gasteiger partial charge is 0.486 e. The molecule has 0 spiro atoms. The van der Waals surface area contributed by atoms with E-state index in [1.54, 1.807) is 6.92 Å². The van der Waals surface area contributed by atoms with Gasteiger partial charge in [0.1, 0.15) is 17.3 Å². The van der Waals surface area contributed by atoms with Crippen molar-refractivity contribution < 1.29 is 39.8 Å². The molecule has 2 aromatic heterocycles. The van der Waals surface area contributed by atoms with Gasteiger partial charge in [0.15, 0.2) is 0 Å². The van der Waals surface area contributed by atoms with Crippen LogP contribution in [-0.2, 0) is 16.2 Å². The number of anilines is 1. The van der Waals surface area contributed by atoms with Crippen molar-refractivity contribution >= 4 is 21.7 Å². The highest BCUT2D eigenvalue weighted by molar-refractivity contribution is 7.92. The molecule has 0 aliphatic heterocycles. The average molecular weight is 467 g/mol. The second-order valence-electron chi connectivity index (χ2n) is 6.03. The van der Waals surface area contributed by atoms with Crippen molar-refractivity contribution in [1.29, 1.82) is 0 Å². The molecule has 0 aliphatic carbocycles. The van der Waals surface area contributed by atoms with Gasteiger partial charge in [-0.05, 0) is 19.1 Å². The van der Waals surface area contributed by atoms with Gasteiger partial charge in [-0.15, -0.1) is 5.10 Å². The molecule has 9 nitrogen and oxygen atoms in total. The molecule has 0 fully saturated rings. The van der Waals surface area contributed by atoms with Crippen LogP contribution in [-0.4, -0.2) is 48.1 Å². The summed E-state index contributed by atoms with van der Waals surface area (Å²) in [5.74, 6) is -1.44. The van der Waals surface area contributed by atoms with Crippen LogP contribution in [0.4, 0.5) is 27.9 Å². The summed E-state index contributed by atoms with van der Waals surface area (Å²) in [6.07, 6.45) is -8.16. The number of halogens is 5. The number of sulfonamides is 1. The van der Waals surface area contributed by atoms with Crippen molar-refractivity contribution in [2.45, 2.75) is 24.4 Å². The summed E-state index contributed by atoms with van der Waals surface area (Å²) in [6, 6.07) is 3.62. The lowest BCUT2D eigenvalue weighted by Gasteiger charge is -2.17. The highest BCUT2D eigenvalue weighted by Crippen LogP contribution is 2.39. The average Bonchev–Trinajstić information content (AvgIpc) is 3.07. The van der Waals surface area contributed by atoms with E-state index in [1.807, 2.05) is 4.72 Å². The van der Waals surface area contributed by atoms with E-state index in [9.17, 15) is 30.4 Å². The number of aryl methyl sites for hydroxylation is 1. The van der Waals surface area contributed by atoms with Gasteiger partial charge in [0, 0.05) is 11.8 Å². The van der Waals surface area contributed by atoms with Crippen molar-refractivity contribution in [1.82, 2.24) is 19.6 Å². The third kappa shape index (κ3) is 4.76. The second kappa shape index (κ2) is 8.13. The number of hydrogen-bond donors (Lipinski definition) is 1. The molecule has 0 radical (unpaired) electrons. The zero-order valence-electron chi connectivity index (χ0n) is 15.8. The Morgan fingerprint density at radius 2 is 1.94 bits per heavy atom. The minimum absolute atomic E-state index is 0.0900. The third-order valence-corrected chi connectivity index (χ3v) is 5.23. The van der Waals surface area contributed by atoms with Crippen molar-refractivity contribution in [2.75, 3.05) is 18.4 Å². The minimum atomic E-state index is -5.12. The molecule has 1 N–H and O–H groups in total. The van der Waals surface area contributed by atoms with E-state index in [0.29, 0.717) is 11.8 Å². The number of ether oxygens (including phenoxy) is 2. The van der Waals surface area contributed by atoms with Gasteiger partial charge in [-0.1, -0.05) is 6.07 Å². The smallest absolute Gasteiger partial charge is 0.417 e. The summed E-state index contributed by atoms with van der Waals surface area (Å²) in [7, 11) is -3.68. The van der Waals surface area contributed by atoms with E-state index in [1.165, 1.54) is 13.2 Å². The molecular weight excluding hydrogens is 453 g/mol. The topological polar surface area (TPSA) is 108 Å². The molecule has 0 aliphatic rings. The summed E-state index contributed by atoms with van der Waals surface area (Å²) in [4.78, 5) is 6.39. The number of nitrogens with one attached hydrogen (secondary N) is 1. The first-order chi connectivity index (χ1) is 14.4. The fourth-order valence-corrected chi connectivity index (χ4v) is 3.88. The number of rotatable bonds is 7. The number of alkyl halides is 5. The van der Waals surface area contributed by atoms with Gasteiger partial charge in [-0.25, -0.2) is 21.9 Å². The van der Waals surface area contributed by atoms with Crippen LogP contribution in [0, 0.1) is 6.92 Å². The van der Waals surface area contributed by atoms with Crippen LogP contribution in [0.2, 0.25) is 0 Å². The first-order valence-corrected chi connectivity index (χ1v) is 9.83. The Labute approximate surface area is 171 Å². The standard InChI is InChI=1S/C16H14F5N5O4S/c1-8-6-12(29-2)22-15-23-14(24-26(8)15)25-31(27,28)13-9(16(19,20)21)4-3-5-10(13)30-7-11(17)18/h3-6,11H,7H2,1-2H3,(H,24,25). The summed E-state index contributed by atoms with van der Waals surface area (Å²) >= 11 is 0. The fraction of sp³-hybridized carbons (Fsp3) is 0.312. The molecule has 0 saturated carbocycles. The van der Waals surface area contributed by atoms with Crippen molar-refractivity contribution in [3.05, 3.63) is 35.5 Å². The number of nitrogens with zero attached hydrogens (tertiary/aromatic N) is 4. The van der Waals surface area contributed by atoms with Crippen LogP contribution in [0.3, 0.4) is 0 Å². The quantitative estimate of drug-likeness (QED) is 0.533. The zero-order valence-corrected chi connectivity index (χ0v) is 16.6. The van der Waals surface area contributed by atoms with E-state index in [-0.39, 0.29) is 11.7 Å². The van der Waals surface area contributed by atoms with Gasteiger partial charge in [0.25, 0.3) is 28.2 Å². The normalized spacial score (nSPS) is 12.4. The number of methoxy groups -OCH3 is 1. The number of fused-ring (bicyclic) bond motifs is 1. The summed E-state index contributed by atoms with van der Waals surface area (Å²) in [6.45, 7) is 0.277. The third-order valence-electron chi connectivity index (χ3n) is 3.82. The monoisotopic (exact) mass is 467 g/mol. The molecular formula is C16H14F5N5O4S. The van der Waals surface area contributed by atoms with E-state index in [0.717, 1.165) is 16.6 Å². The number of aromatic nitrogens is 4. The lowest BCUT2D eigenvalue weighted by Crippen LogP contribution is -2.21. The van der Waals surface area contributed by atoms with Crippen LogP contribution in [0.5, 0.6) is 11.6 Å². The van der Waals surface area contributed by atoms with Crippen molar-refractivity contribution in [2.24, 2.45) is 0 Å². The van der Waals surface area contributed by atoms with E-state index >= 15 is 0 Å². The molecule has 3 aromatic rings. The number of hydrogen-bond acceptors (Lipinski definition) is 7. The molecule has 15 heteroatoms. The molecule has 2 heterocycles. The summed E-state index contributed by atoms with van der Waals surface area (Å²) in [5, 5.41) is 3.85. The van der Waals surface area contributed by atoms with Gasteiger partial charge in [0.2, 0.25) is 5.88 Å². The maximum atomic E-state index is 13.4. The molecule has 0 atom stereocenters. The fourth-order valence-electron chi connectivity index (χ4n) is 2.59. The first-order valence-electron chi connectivity index (χ1n) is 8.34. The predicted molar refractivity (Wildman–Crippen MR) is 95.8 cm³/mol. The molecule has 1 aromatic carbocycles. The second-order valence-corrected chi connectivity index (χ2v) is 7.64. The van der Waals surface area contributed by atoms with E-state index in [4.69, 9.17) is 4.74 Å². The van der Waals surface area contributed by atoms with Crippen LogP contribution >= 0.6 is 0 Å². The van der Waals surface area contributed by atoms with E-state index in [2.05, 4.69) is 19.8 Å². The predicted octanol–water partition coefficient (Wildman–Crippen LogP) is 2.90. The zero-order chi connectivity index (χ0) is 23.0. The van der Waals surface area contributed by atoms with Gasteiger partial charge < -0.3 is 9.47 Å².